The van der Waals surface area contributed by atoms with Crippen LogP contribution in [-0.2, 0) is 12.8 Å². The van der Waals surface area contributed by atoms with E-state index in [2.05, 4.69) is 32.9 Å². The second-order valence-corrected chi connectivity index (χ2v) is 8.17. The minimum absolute atomic E-state index is 0.210. The Balaban J connectivity index is 2.66. The average Bonchev–Trinajstić information content (AvgIpc) is 2.68. The molecule has 1 atom stereocenters. The summed E-state index contributed by atoms with van der Waals surface area (Å²) in [7, 11) is 0. The number of benzene rings is 2. The minimum Gasteiger partial charge on any atom is -0.508 e. The van der Waals surface area contributed by atoms with Crippen LogP contribution >= 0.6 is 0 Å². The predicted octanol–water partition coefficient (Wildman–Crippen LogP) is 7.33. The number of unbranched alkanes of at least 4 members (excludes halogenated alkanes) is 2. The summed E-state index contributed by atoms with van der Waals surface area (Å²) in [6, 6.07) is 8.12. The van der Waals surface area contributed by atoms with Gasteiger partial charge in [0.1, 0.15) is 11.5 Å². The molecule has 2 aromatic carbocycles. The molecule has 2 rings (SSSR count). The van der Waals surface area contributed by atoms with E-state index in [0.717, 1.165) is 62.5 Å². The summed E-state index contributed by atoms with van der Waals surface area (Å²) < 4.78 is 0. The van der Waals surface area contributed by atoms with Crippen LogP contribution in [0, 0.1) is 13.8 Å². The summed E-state index contributed by atoms with van der Waals surface area (Å²) in [6.07, 6.45) is 8.77. The molecule has 1 unspecified atom stereocenters. The van der Waals surface area contributed by atoms with Gasteiger partial charge in [0.15, 0.2) is 0 Å². The largest absolute Gasteiger partial charge is 0.508 e. The van der Waals surface area contributed by atoms with Crippen molar-refractivity contribution in [3.05, 3.63) is 57.6 Å². The molecule has 0 aliphatic heterocycles. The van der Waals surface area contributed by atoms with Gasteiger partial charge in [-0.25, -0.2) is 0 Å². The Morgan fingerprint density at radius 3 is 2.04 bits per heavy atom. The number of hydrogen-bond donors (Lipinski definition) is 2. The van der Waals surface area contributed by atoms with Gasteiger partial charge in [-0.05, 0) is 91.5 Å². The lowest BCUT2D eigenvalue weighted by Crippen LogP contribution is -2.11. The van der Waals surface area contributed by atoms with Gasteiger partial charge < -0.3 is 10.2 Å². The fourth-order valence-corrected chi connectivity index (χ4v) is 4.27. The van der Waals surface area contributed by atoms with E-state index in [0.29, 0.717) is 11.5 Å². The van der Waals surface area contributed by atoms with Gasteiger partial charge in [0, 0.05) is 5.92 Å². The van der Waals surface area contributed by atoms with E-state index in [4.69, 9.17) is 0 Å². The highest BCUT2D eigenvalue weighted by Gasteiger charge is 2.24. The summed E-state index contributed by atoms with van der Waals surface area (Å²) >= 11 is 0. The third kappa shape index (κ3) is 5.10. The Morgan fingerprint density at radius 1 is 0.786 bits per heavy atom. The van der Waals surface area contributed by atoms with Crippen molar-refractivity contribution < 1.29 is 10.2 Å². The molecule has 154 valence electrons. The minimum atomic E-state index is 0.210. The molecule has 2 heteroatoms. The van der Waals surface area contributed by atoms with E-state index in [1.807, 2.05) is 26.0 Å². The van der Waals surface area contributed by atoms with E-state index >= 15 is 0 Å². The zero-order valence-corrected chi connectivity index (χ0v) is 18.4. The summed E-state index contributed by atoms with van der Waals surface area (Å²) in [5.41, 5.74) is 7.15. The highest BCUT2D eigenvalue weighted by atomic mass is 16.3. The van der Waals surface area contributed by atoms with Gasteiger partial charge in [0.25, 0.3) is 0 Å². The van der Waals surface area contributed by atoms with Crippen LogP contribution in [0.15, 0.2) is 24.3 Å². The molecule has 2 N–H and O–H groups in total. The fraction of sp³-hybridized carbons (Fsp3) is 0.538. The number of aromatic hydroxyl groups is 2. The normalized spacial score (nSPS) is 12.3. The standard InChI is InChI=1S/C26H38O2/c1-6-9-12-20-14-15-24(27)19(5)26(20)22(11-8-3)23-17-25(28)18(4)16-21(23)13-10-7-2/h14-17,22,27-28H,6-13H2,1-5H3. The number of rotatable bonds is 10. The van der Waals surface area contributed by atoms with Crippen LogP contribution in [0.25, 0.3) is 0 Å². The Kier molecular flexibility index (Phi) is 8.41. The van der Waals surface area contributed by atoms with Crippen molar-refractivity contribution in [1.29, 1.82) is 0 Å². The molecule has 0 amide bonds. The van der Waals surface area contributed by atoms with Crippen LogP contribution in [0.4, 0.5) is 0 Å². The lowest BCUT2D eigenvalue weighted by atomic mass is 9.78. The number of phenols is 2. The zero-order chi connectivity index (χ0) is 20.7. The van der Waals surface area contributed by atoms with Crippen molar-refractivity contribution in [2.75, 3.05) is 0 Å². The van der Waals surface area contributed by atoms with Gasteiger partial charge in [-0.1, -0.05) is 52.2 Å². The van der Waals surface area contributed by atoms with Crippen molar-refractivity contribution >= 4 is 0 Å². The molecule has 2 nitrogen and oxygen atoms in total. The number of phenolic OH excluding ortho intramolecular Hbond substituents is 2. The summed E-state index contributed by atoms with van der Waals surface area (Å²) in [6.45, 7) is 10.7. The van der Waals surface area contributed by atoms with Crippen molar-refractivity contribution in [2.24, 2.45) is 0 Å². The third-order valence-corrected chi connectivity index (χ3v) is 5.93. The molecular weight excluding hydrogens is 344 g/mol. The van der Waals surface area contributed by atoms with Gasteiger partial charge in [-0.15, -0.1) is 0 Å². The SMILES string of the molecule is CCCCc1cc(C)c(O)cc1C(CCC)c1c(CCCC)ccc(O)c1C. The first kappa shape index (κ1) is 22.3. The zero-order valence-electron chi connectivity index (χ0n) is 18.4. The molecule has 0 radical (unpaired) electrons. The van der Waals surface area contributed by atoms with E-state index in [1.54, 1.807) is 0 Å². The maximum atomic E-state index is 10.5. The van der Waals surface area contributed by atoms with Gasteiger partial charge in [-0.3, -0.25) is 0 Å². The monoisotopic (exact) mass is 382 g/mol. The smallest absolute Gasteiger partial charge is 0.118 e. The molecule has 0 saturated heterocycles. The fourth-order valence-electron chi connectivity index (χ4n) is 4.27. The second kappa shape index (κ2) is 10.5. The third-order valence-electron chi connectivity index (χ3n) is 5.93. The quantitative estimate of drug-likeness (QED) is 0.451. The second-order valence-electron chi connectivity index (χ2n) is 8.17. The molecule has 0 spiro atoms. The highest BCUT2D eigenvalue weighted by Crippen LogP contribution is 2.41. The van der Waals surface area contributed by atoms with Gasteiger partial charge in [0.2, 0.25) is 0 Å². The number of aryl methyl sites for hydroxylation is 3. The lowest BCUT2D eigenvalue weighted by molar-refractivity contribution is 0.467. The Labute approximate surface area is 171 Å². The maximum Gasteiger partial charge on any atom is 0.118 e. The predicted molar refractivity (Wildman–Crippen MR) is 120 cm³/mol. The average molecular weight is 383 g/mol. The van der Waals surface area contributed by atoms with Crippen molar-refractivity contribution in [3.63, 3.8) is 0 Å². The van der Waals surface area contributed by atoms with E-state index in [1.165, 1.54) is 22.3 Å². The van der Waals surface area contributed by atoms with E-state index < -0.39 is 0 Å². The number of hydrogen-bond acceptors (Lipinski definition) is 2. The van der Waals surface area contributed by atoms with E-state index in [-0.39, 0.29) is 5.92 Å². The molecular formula is C26H38O2. The summed E-state index contributed by atoms with van der Waals surface area (Å²) in [4.78, 5) is 0. The molecule has 0 aromatic heterocycles. The van der Waals surface area contributed by atoms with Crippen LogP contribution < -0.4 is 0 Å². The van der Waals surface area contributed by atoms with Crippen LogP contribution in [0.5, 0.6) is 11.5 Å². The molecule has 0 aliphatic carbocycles. The molecule has 2 aromatic rings. The van der Waals surface area contributed by atoms with Crippen LogP contribution in [0.2, 0.25) is 0 Å². The molecule has 0 aliphatic rings. The summed E-state index contributed by atoms with van der Waals surface area (Å²) in [5, 5.41) is 21.0. The first-order valence-electron chi connectivity index (χ1n) is 11.1. The Hall–Kier alpha value is -1.96. The molecule has 28 heavy (non-hydrogen) atoms. The Morgan fingerprint density at radius 2 is 1.43 bits per heavy atom. The lowest BCUT2D eigenvalue weighted by Gasteiger charge is -2.26. The Bertz CT molecular complexity index is 776. The maximum absolute atomic E-state index is 10.5. The topological polar surface area (TPSA) is 40.5 Å². The molecule has 0 fully saturated rings. The van der Waals surface area contributed by atoms with E-state index in [9.17, 15) is 10.2 Å². The van der Waals surface area contributed by atoms with Gasteiger partial charge >= 0.3 is 0 Å². The first-order valence-corrected chi connectivity index (χ1v) is 11.1. The van der Waals surface area contributed by atoms with Crippen LogP contribution in [0.3, 0.4) is 0 Å². The first-order chi connectivity index (χ1) is 13.4. The highest BCUT2D eigenvalue weighted by molar-refractivity contribution is 5.52. The van der Waals surface area contributed by atoms with Crippen molar-refractivity contribution in [3.8, 4) is 11.5 Å². The van der Waals surface area contributed by atoms with Crippen molar-refractivity contribution in [2.45, 2.75) is 91.9 Å². The molecule has 0 saturated carbocycles. The molecule has 0 bridgehead atoms. The van der Waals surface area contributed by atoms with Gasteiger partial charge in [-0.2, -0.15) is 0 Å². The van der Waals surface area contributed by atoms with Crippen molar-refractivity contribution in [1.82, 2.24) is 0 Å². The molecule has 0 heterocycles. The van der Waals surface area contributed by atoms with Gasteiger partial charge in [0.05, 0.1) is 0 Å². The van der Waals surface area contributed by atoms with Crippen LogP contribution in [0.1, 0.15) is 98.6 Å². The van der Waals surface area contributed by atoms with Crippen LogP contribution in [-0.4, -0.2) is 10.2 Å². The summed E-state index contributed by atoms with van der Waals surface area (Å²) in [5.74, 6) is 0.967.